The quantitative estimate of drug-likeness (QED) is 0.141. The summed E-state index contributed by atoms with van der Waals surface area (Å²) in [7, 11) is 0. The zero-order chi connectivity index (χ0) is 49.2. The van der Waals surface area contributed by atoms with Crippen LogP contribution in [0.3, 0.4) is 0 Å². The molecule has 0 spiro atoms. The van der Waals surface area contributed by atoms with Crippen LogP contribution >= 0.6 is 0 Å². The van der Waals surface area contributed by atoms with Crippen molar-refractivity contribution in [3.8, 4) is 45.1 Å². The Morgan fingerprint density at radius 1 is 0.329 bits per heavy atom. The van der Waals surface area contributed by atoms with Gasteiger partial charge in [-0.1, -0.05) is 200 Å². The Labute approximate surface area is 427 Å². The van der Waals surface area contributed by atoms with Gasteiger partial charge < -0.3 is 24.1 Å². The Balaban J connectivity index is 1.13. The van der Waals surface area contributed by atoms with Crippen molar-refractivity contribution in [2.45, 2.75) is 50.8 Å². The summed E-state index contributed by atoms with van der Waals surface area (Å²) < 4.78 is 30.5. The van der Waals surface area contributed by atoms with E-state index in [2.05, 4.69) is 138 Å². The van der Waals surface area contributed by atoms with Gasteiger partial charge >= 0.3 is 0 Å². The summed E-state index contributed by atoms with van der Waals surface area (Å²) in [6.45, 7) is 0.345. The molecule has 4 unspecified atom stereocenters. The summed E-state index contributed by atoms with van der Waals surface area (Å²) in [6, 6.07) is 86.2. The molecule has 0 saturated heterocycles. The first-order valence-corrected chi connectivity index (χ1v) is 24.8. The number of pyridine rings is 2. The van der Waals surface area contributed by atoms with Gasteiger partial charge in [0.05, 0.1) is 37.8 Å². The zero-order valence-electron chi connectivity index (χ0n) is 40.3. The van der Waals surface area contributed by atoms with Crippen molar-refractivity contribution in [2.24, 2.45) is 0 Å². The van der Waals surface area contributed by atoms with Crippen LogP contribution in [0.1, 0.15) is 69.2 Å². The number of aromatic nitrogens is 2. The van der Waals surface area contributed by atoms with Crippen LogP contribution in [0, 0.1) is 0 Å². The average Bonchev–Trinajstić information content (AvgIpc) is 3.46. The van der Waals surface area contributed by atoms with Gasteiger partial charge in [0.25, 0.3) is 0 Å². The van der Waals surface area contributed by atoms with Gasteiger partial charge in [-0.15, -0.1) is 0 Å². The van der Waals surface area contributed by atoms with Gasteiger partial charge in [0.1, 0.15) is 24.4 Å². The van der Waals surface area contributed by atoms with Crippen LogP contribution in [0.15, 0.2) is 255 Å². The molecule has 10 aromatic rings. The highest BCUT2D eigenvalue weighted by Gasteiger charge is 2.32. The minimum Gasteiger partial charge on any atom is -0.872 e. The largest absolute Gasteiger partial charge is 0.872 e. The lowest BCUT2D eigenvalue weighted by molar-refractivity contribution is -0.572. The predicted octanol–water partition coefficient (Wildman–Crippen LogP) is 14.2. The van der Waals surface area contributed by atoms with Crippen molar-refractivity contribution in [3.05, 3.63) is 300 Å². The highest BCUT2D eigenvalue weighted by atomic mass is 16.5. The van der Waals surface area contributed by atoms with Crippen LogP contribution in [0.5, 0.6) is 5.75 Å². The van der Waals surface area contributed by atoms with E-state index in [-0.39, 0.29) is 32.2 Å². The molecule has 4 bridgehead atoms. The van der Waals surface area contributed by atoms with Gasteiger partial charge in [0.15, 0.2) is 0 Å². The van der Waals surface area contributed by atoms with Gasteiger partial charge in [-0.2, -0.15) is 4.57 Å². The number of rotatable bonds is 8. The fourth-order valence-corrected chi connectivity index (χ4v) is 9.80. The second kappa shape index (κ2) is 22.4. The molecule has 4 atom stereocenters. The van der Waals surface area contributed by atoms with Gasteiger partial charge in [-0.05, 0) is 80.9 Å². The van der Waals surface area contributed by atoms with Gasteiger partial charge in [0, 0.05) is 35.4 Å². The summed E-state index contributed by atoms with van der Waals surface area (Å²) in [6.07, 6.45) is -2.39. The summed E-state index contributed by atoms with van der Waals surface area (Å²) in [4.78, 5) is 5.06. The standard InChI is InChI=1S/C66H54N2O5/c69-62-55-39-59(68-60(48-25-10-2-11-26-48)41-54(47-23-8-1-9-24-47)42-61(68)49-27-12-3-13-28-49)40-56(62)44-71-64(51-31-16-5-17-32-51)66(53-35-20-7-21-36-53)73-46-58-38-22-37-57(67-58)45-72-65(52-33-18-6-19-34-52)63(70-43-55)50-29-14-4-15-30-50/h1-42,63-66H,43-46H2. The molecule has 1 aliphatic heterocycles. The topological polar surface area (TPSA) is 76.8 Å². The van der Waals surface area contributed by atoms with Gasteiger partial charge in [0.2, 0.25) is 17.1 Å². The van der Waals surface area contributed by atoms with Crippen LogP contribution in [0.4, 0.5) is 0 Å². The van der Waals surface area contributed by atoms with Crippen LogP contribution in [-0.4, -0.2) is 4.98 Å². The molecule has 0 amide bonds. The first-order valence-electron chi connectivity index (χ1n) is 24.8. The molecule has 11 rings (SSSR count). The van der Waals surface area contributed by atoms with E-state index in [0.717, 1.165) is 73.0 Å². The average molecular weight is 955 g/mol. The van der Waals surface area contributed by atoms with E-state index in [9.17, 15) is 0 Å². The normalized spacial score (nSPS) is 17.5. The predicted molar refractivity (Wildman–Crippen MR) is 284 cm³/mol. The van der Waals surface area contributed by atoms with Crippen LogP contribution in [-0.2, 0) is 45.4 Å². The lowest BCUT2D eigenvalue weighted by Gasteiger charge is -2.31. The third-order valence-electron chi connectivity index (χ3n) is 13.4. The number of hydrogen-bond acceptors (Lipinski definition) is 6. The number of benzene rings is 8. The molecule has 2 aromatic heterocycles. The minimum absolute atomic E-state index is 0.0263. The Morgan fingerprint density at radius 2 is 0.644 bits per heavy atom. The maximum Gasteiger partial charge on any atom is 0.219 e. The molecule has 0 aliphatic carbocycles. The Bertz CT molecular complexity index is 3170. The third kappa shape index (κ3) is 10.8. The maximum atomic E-state index is 15.5. The van der Waals surface area contributed by atoms with Crippen molar-refractivity contribution in [1.29, 1.82) is 0 Å². The molecule has 7 nitrogen and oxygen atoms in total. The van der Waals surface area contributed by atoms with Gasteiger partial charge in [-0.3, -0.25) is 4.98 Å². The summed E-state index contributed by atoms with van der Waals surface area (Å²) in [5, 5.41) is 15.5. The first kappa shape index (κ1) is 47.0. The van der Waals surface area contributed by atoms with Crippen LogP contribution in [0.25, 0.3) is 39.3 Å². The Kier molecular flexibility index (Phi) is 14.4. The summed E-state index contributed by atoms with van der Waals surface area (Å²) in [5.74, 6) is -0.166. The first-order chi connectivity index (χ1) is 36.1. The van der Waals surface area contributed by atoms with E-state index in [1.165, 1.54) is 0 Å². The smallest absolute Gasteiger partial charge is 0.219 e. The van der Waals surface area contributed by atoms with E-state index in [1.54, 1.807) is 0 Å². The van der Waals surface area contributed by atoms with E-state index in [0.29, 0.717) is 11.1 Å². The van der Waals surface area contributed by atoms with Crippen LogP contribution in [0.2, 0.25) is 0 Å². The monoisotopic (exact) mass is 954 g/mol. The number of nitrogens with zero attached hydrogens (tertiary/aromatic N) is 2. The fraction of sp³-hybridized carbons (Fsp3) is 0.121. The number of fused-ring (bicyclic) bond motifs is 4. The third-order valence-corrected chi connectivity index (χ3v) is 13.4. The molecule has 0 radical (unpaired) electrons. The molecule has 73 heavy (non-hydrogen) atoms. The molecule has 358 valence electrons. The van der Waals surface area contributed by atoms with E-state index < -0.39 is 24.4 Å². The second-order valence-electron chi connectivity index (χ2n) is 18.2. The molecule has 0 saturated carbocycles. The summed E-state index contributed by atoms with van der Waals surface area (Å²) in [5.41, 5.74) is 13.0. The molecule has 0 N–H and O–H groups in total. The van der Waals surface area contributed by atoms with Crippen molar-refractivity contribution >= 4 is 0 Å². The van der Waals surface area contributed by atoms with Crippen molar-refractivity contribution in [3.63, 3.8) is 0 Å². The minimum atomic E-state index is -0.622. The van der Waals surface area contributed by atoms with Crippen LogP contribution < -0.4 is 9.67 Å². The summed E-state index contributed by atoms with van der Waals surface area (Å²) >= 11 is 0. The lowest BCUT2D eigenvalue weighted by Crippen LogP contribution is -2.37. The molecule has 0 fully saturated rings. The van der Waals surface area contributed by atoms with Crippen molar-refractivity contribution in [1.82, 2.24) is 4.98 Å². The van der Waals surface area contributed by atoms with E-state index >= 15 is 5.11 Å². The molecular formula is C66H54N2O5. The SMILES string of the molecule is [O-]c1c2cc(-[n+]3c(-c4ccccc4)cc(-c4ccccc4)cc3-c3ccccc3)cc1COC(c1ccccc1)C(c1ccccc1)OCc1cccc(n1)COC(c1ccccc1)C(c1ccccc1)OC2. The Morgan fingerprint density at radius 3 is 1.00 bits per heavy atom. The lowest BCUT2D eigenvalue weighted by atomic mass is 9.97. The number of ether oxygens (including phenoxy) is 4. The van der Waals surface area contributed by atoms with Crippen molar-refractivity contribution in [2.75, 3.05) is 0 Å². The molecule has 8 aromatic carbocycles. The molecule has 3 heterocycles. The molecular weight excluding hydrogens is 901 g/mol. The molecule has 1 aliphatic rings. The van der Waals surface area contributed by atoms with Gasteiger partial charge in [-0.25, -0.2) is 0 Å². The highest BCUT2D eigenvalue weighted by molar-refractivity contribution is 5.74. The highest BCUT2D eigenvalue weighted by Crippen LogP contribution is 2.41. The zero-order valence-corrected chi connectivity index (χ0v) is 40.3. The second-order valence-corrected chi connectivity index (χ2v) is 18.2. The fourth-order valence-electron chi connectivity index (χ4n) is 9.80. The molecule has 7 heteroatoms. The maximum absolute atomic E-state index is 15.5. The van der Waals surface area contributed by atoms with E-state index in [1.807, 2.05) is 121 Å². The Hall–Kier alpha value is -8.30. The number of hydrogen-bond donors (Lipinski definition) is 0. The van der Waals surface area contributed by atoms with Crippen molar-refractivity contribution < 1.29 is 28.6 Å². The van der Waals surface area contributed by atoms with E-state index in [4.69, 9.17) is 23.9 Å².